The second-order valence-corrected chi connectivity index (χ2v) is 6.41. The molecule has 96 valence electrons. The third-order valence-corrected chi connectivity index (χ3v) is 4.18. The fourth-order valence-electron chi connectivity index (χ4n) is 1.76. The zero-order valence-corrected chi connectivity index (χ0v) is 11.8. The number of Topliss-reactive ketones (excluding diaryl/α,β-unsaturated/α-hetero) is 1. The van der Waals surface area contributed by atoms with Gasteiger partial charge in [0.05, 0.1) is 15.2 Å². The summed E-state index contributed by atoms with van der Waals surface area (Å²) in [5.41, 5.74) is 6.98. The molecule has 0 aliphatic heterocycles. The highest BCUT2D eigenvalue weighted by Gasteiger charge is 2.21. The second-order valence-electron chi connectivity index (χ2n) is 5.38. The van der Waals surface area contributed by atoms with Gasteiger partial charge >= 0.3 is 0 Å². The zero-order valence-electron chi connectivity index (χ0n) is 11.0. The minimum Gasteiger partial charge on any atom is -0.330 e. The van der Waals surface area contributed by atoms with Crippen molar-refractivity contribution in [2.75, 3.05) is 6.54 Å². The van der Waals surface area contributed by atoms with Crippen molar-refractivity contribution >= 4 is 27.3 Å². The Kier molecular flexibility index (Phi) is 3.50. The van der Waals surface area contributed by atoms with E-state index in [2.05, 4.69) is 25.8 Å². The van der Waals surface area contributed by atoms with Crippen LogP contribution in [0.1, 0.15) is 42.6 Å². The van der Waals surface area contributed by atoms with E-state index in [1.807, 2.05) is 18.2 Å². The summed E-state index contributed by atoms with van der Waals surface area (Å²) in [5, 5.41) is 1.06. The molecule has 0 saturated heterocycles. The Hall–Kier alpha value is -1.26. The minimum absolute atomic E-state index is 0.0118. The van der Waals surface area contributed by atoms with Gasteiger partial charge < -0.3 is 5.73 Å². The van der Waals surface area contributed by atoms with Crippen molar-refractivity contribution in [2.45, 2.75) is 32.6 Å². The lowest BCUT2D eigenvalue weighted by molar-refractivity contribution is 0.0987. The molecule has 0 unspecified atom stereocenters. The van der Waals surface area contributed by atoms with Crippen LogP contribution in [0.2, 0.25) is 0 Å². The van der Waals surface area contributed by atoms with Crippen LogP contribution in [0.3, 0.4) is 0 Å². The van der Waals surface area contributed by atoms with Gasteiger partial charge in [-0.25, -0.2) is 4.98 Å². The second kappa shape index (κ2) is 4.78. The highest BCUT2D eigenvalue weighted by molar-refractivity contribution is 7.18. The fourth-order valence-corrected chi connectivity index (χ4v) is 2.81. The van der Waals surface area contributed by atoms with Gasteiger partial charge in [0.2, 0.25) is 0 Å². The summed E-state index contributed by atoms with van der Waals surface area (Å²) in [5.74, 6) is 0.0776. The van der Waals surface area contributed by atoms with Gasteiger partial charge in [-0.1, -0.05) is 26.8 Å². The largest absolute Gasteiger partial charge is 0.330 e. The number of nitrogens with two attached hydrogens (primary N) is 1. The quantitative estimate of drug-likeness (QED) is 0.865. The van der Waals surface area contributed by atoms with E-state index in [0.29, 0.717) is 18.5 Å². The number of hydrogen-bond acceptors (Lipinski definition) is 4. The van der Waals surface area contributed by atoms with E-state index in [0.717, 1.165) is 15.2 Å². The van der Waals surface area contributed by atoms with Gasteiger partial charge in [-0.3, -0.25) is 4.79 Å². The Morgan fingerprint density at radius 1 is 1.39 bits per heavy atom. The average Bonchev–Trinajstić information content (AvgIpc) is 2.72. The summed E-state index contributed by atoms with van der Waals surface area (Å²) in [6.45, 7) is 6.77. The smallest absolute Gasteiger partial charge is 0.166 e. The Labute approximate surface area is 111 Å². The maximum Gasteiger partial charge on any atom is 0.166 e. The van der Waals surface area contributed by atoms with Crippen LogP contribution in [0.5, 0.6) is 0 Å². The lowest BCUT2D eigenvalue weighted by atomic mass is 9.98. The van der Waals surface area contributed by atoms with Crippen molar-refractivity contribution in [2.24, 2.45) is 5.73 Å². The Morgan fingerprint density at radius 2 is 2.11 bits per heavy atom. The molecule has 0 bridgehead atoms. The number of para-hydroxylation sites is 1. The number of carbonyl (C=O) groups is 1. The number of rotatable bonds is 3. The van der Waals surface area contributed by atoms with Crippen LogP contribution < -0.4 is 5.73 Å². The Morgan fingerprint density at radius 3 is 2.72 bits per heavy atom. The first-order chi connectivity index (χ1) is 8.43. The summed E-state index contributed by atoms with van der Waals surface area (Å²) in [4.78, 5) is 16.6. The van der Waals surface area contributed by atoms with Gasteiger partial charge in [0.1, 0.15) is 0 Å². The lowest BCUT2D eigenvalue weighted by Crippen LogP contribution is -2.11. The molecule has 0 aliphatic rings. The summed E-state index contributed by atoms with van der Waals surface area (Å²) in [7, 11) is 0. The van der Waals surface area contributed by atoms with Gasteiger partial charge in [0.25, 0.3) is 0 Å². The molecule has 3 nitrogen and oxygen atoms in total. The Balaban J connectivity index is 2.56. The number of benzene rings is 1. The van der Waals surface area contributed by atoms with E-state index in [9.17, 15) is 4.79 Å². The third-order valence-electron chi connectivity index (χ3n) is 2.73. The summed E-state index contributed by atoms with van der Waals surface area (Å²) in [6.07, 6.45) is 0.376. The predicted molar refractivity (Wildman–Crippen MR) is 76.3 cm³/mol. The molecule has 0 spiro atoms. The summed E-state index contributed by atoms with van der Waals surface area (Å²) < 4.78 is 1.07. The van der Waals surface area contributed by atoms with Crippen molar-refractivity contribution in [3.63, 3.8) is 0 Å². The molecule has 2 N–H and O–H groups in total. The van der Waals surface area contributed by atoms with Gasteiger partial charge in [0.15, 0.2) is 5.78 Å². The normalized spacial score (nSPS) is 12.0. The number of nitrogens with zero attached hydrogens (tertiary/aromatic N) is 1. The van der Waals surface area contributed by atoms with Crippen molar-refractivity contribution in [3.05, 3.63) is 28.8 Å². The third kappa shape index (κ3) is 2.44. The number of ketones is 1. The molecule has 0 aliphatic carbocycles. The first-order valence-electron chi connectivity index (χ1n) is 6.07. The molecule has 0 atom stereocenters. The number of thiazole rings is 1. The number of aromatic nitrogens is 1. The van der Waals surface area contributed by atoms with Crippen LogP contribution >= 0.6 is 11.3 Å². The molecule has 0 amide bonds. The molecule has 0 radical (unpaired) electrons. The maximum absolute atomic E-state index is 12.0. The van der Waals surface area contributed by atoms with Gasteiger partial charge in [0, 0.05) is 17.4 Å². The molecule has 0 fully saturated rings. The summed E-state index contributed by atoms with van der Waals surface area (Å²) >= 11 is 1.66. The van der Waals surface area contributed by atoms with Gasteiger partial charge in [-0.15, -0.1) is 11.3 Å². The van der Waals surface area contributed by atoms with E-state index in [-0.39, 0.29) is 11.2 Å². The molecule has 2 aromatic rings. The average molecular weight is 262 g/mol. The van der Waals surface area contributed by atoms with E-state index >= 15 is 0 Å². The van der Waals surface area contributed by atoms with Crippen LogP contribution in [0, 0.1) is 0 Å². The molecule has 1 heterocycles. The number of fused-ring (bicyclic) bond motifs is 1. The van der Waals surface area contributed by atoms with Crippen LogP contribution in [0.25, 0.3) is 10.2 Å². The predicted octanol–water partition coefficient (Wildman–Crippen LogP) is 3.13. The van der Waals surface area contributed by atoms with Crippen LogP contribution in [-0.2, 0) is 5.41 Å². The fraction of sp³-hybridized carbons (Fsp3) is 0.429. The maximum atomic E-state index is 12.0. The summed E-state index contributed by atoms with van der Waals surface area (Å²) in [6, 6.07) is 5.77. The topological polar surface area (TPSA) is 56.0 Å². The highest BCUT2D eigenvalue weighted by Crippen LogP contribution is 2.32. The lowest BCUT2D eigenvalue weighted by Gasteiger charge is -2.13. The van der Waals surface area contributed by atoms with Crippen LogP contribution in [0.15, 0.2) is 18.2 Å². The Bertz CT molecular complexity index is 581. The van der Waals surface area contributed by atoms with E-state index in [1.165, 1.54) is 0 Å². The molecule has 2 rings (SSSR count). The van der Waals surface area contributed by atoms with Crippen molar-refractivity contribution in [1.29, 1.82) is 0 Å². The van der Waals surface area contributed by atoms with E-state index in [1.54, 1.807) is 11.3 Å². The highest BCUT2D eigenvalue weighted by atomic mass is 32.1. The van der Waals surface area contributed by atoms with Gasteiger partial charge in [-0.05, 0) is 18.7 Å². The van der Waals surface area contributed by atoms with E-state index in [4.69, 9.17) is 5.73 Å². The van der Waals surface area contributed by atoms with Crippen molar-refractivity contribution < 1.29 is 4.79 Å². The molecule has 4 heteroatoms. The van der Waals surface area contributed by atoms with Crippen molar-refractivity contribution in [3.8, 4) is 0 Å². The molecule has 0 saturated carbocycles. The first-order valence-corrected chi connectivity index (χ1v) is 6.88. The number of hydrogen-bond donors (Lipinski definition) is 1. The first kappa shape index (κ1) is 13.2. The van der Waals surface area contributed by atoms with Crippen molar-refractivity contribution in [1.82, 2.24) is 4.98 Å². The molecule has 18 heavy (non-hydrogen) atoms. The molecule has 1 aromatic heterocycles. The molecule has 1 aromatic carbocycles. The zero-order chi connectivity index (χ0) is 13.3. The molecular weight excluding hydrogens is 244 g/mol. The standard InChI is InChI=1S/C14H18N2OS/c1-14(2,3)13-16-12-9(10(17)7-8-15)5-4-6-11(12)18-13/h4-6H,7-8,15H2,1-3H3. The SMILES string of the molecule is CC(C)(C)c1nc2c(C(=O)CCN)cccc2s1. The number of carbonyl (C=O) groups excluding carboxylic acids is 1. The monoisotopic (exact) mass is 262 g/mol. The van der Waals surface area contributed by atoms with Crippen LogP contribution in [0.4, 0.5) is 0 Å². The van der Waals surface area contributed by atoms with Crippen LogP contribution in [-0.4, -0.2) is 17.3 Å². The van der Waals surface area contributed by atoms with E-state index < -0.39 is 0 Å². The molecular formula is C14H18N2OS. The minimum atomic E-state index is 0.0118. The van der Waals surface area contributed by atoms with Gasteiger partial charge in [-0.2, -0.15) is 0 Å².